The molecule has 5 heteroatoms. The lowest BCUT2D eigenvalue weighted by molar-refractivity contribution is -0.121. The Morgan fingerprint density at radius 2 is 2.04 bits per heavy atom. The van der Waals surface area contributed by atoms with Crippen molar-refractivity contribution >= 4 is 33.6 Å². The van der Waals surface area contributed by atoms with Crippen molar-refractivity contribution in [2.75, 3.05) is 25.4 Å². The Morgan fingerprint density at radius 3 is 2.71 bits per heavy atom. The van der Waals surface area contributed by atoms with Gasteiger partial charge in [0.05, 0.1) is 0 Å². The highest BCUT2D eigenvalue weighted by Crippen LogP contribution is 2.27. The molecule has 2 rings (SSSR count). The topological polar surface area (TPSA) is 32.3 Å². The minimum atomic E-state index is 0.178. The second-order valence-corrected chi connectivity index (χ2v) is 8.44. The summed E-state index contributed by atoms with van der Waals surface area (Å²) in [6.45, 7) is 7.45. The lowest BCUT2D eigenvalue weighted by Crippen LogP contribution is -2.44. The van der Waals surface area contributed by atoms with E-state index in [4.69, 9.17) is 0 Å². The van der Waals surface area contributed by atoms with Gasteiger partial charge in [0.2, 0.25) is 5.91 Å². The van der Waals surface area contributed by atoms with Gasteiger partial charge in [0.25, 0.3) is 0 Å². The van der Waals surface area contributed by atoms with Crippen molar-refractivity contribution in [2.24, 2.45) is 0 Å². The number of rotatable bonds is 7. The molecule has 1 amide bonds. The van der Waals surface area contributed by atoms with E-state index >= 15 is 0 Å². The summed E-state index contributed by atoms with van der Waals surface area (Å²) >= 11 is 5.26. The quantitative estimate of drug-likeness (QED) is 0.531. The van der Waals surface area contributed by atoms with Gasteiger partial charge < -0.3 is 5.32 Å². The van der Waals surface area contributed by atoms with Crippen LogP contribution in [-0.4, -0.2) is 42.2 Å². The van der Waals surface area contributed by atoms with Gasteiger partial charge in [-0.15, -0.1) is 11.8 Å². The minimum absolute atomic E-state index is 0.178. The molecule has 1 aromatic rings. The summed E-state index contributed by atoms with van der Waals surface area (Å²) in [4.78, 5) is 15.8. The molecule has 0 aliphatic carbocycles. The number of benzene rings is 1. The van der Waals surface area contributed by atoms with Gasteiger partial charge in [-0.2, -0.15) is 0 Å². The first-order valence-electron chi connectivity index (χ1n) is 8.57. The zero-order valence-electron chi connectivity index (χ0n) is 14.6. The van der Waals surface area contributed by atoms with Crippen LogP contribution in [0.2, 0.25) is 0 Å². The zero-order chi connectivity index (χ0) is 17.4. The Hall–Kier alpha value is -0.780. The van der Waals surface area contributed by atoms with Crippen molar-refractivity contribution in [2.45, 2.75) is 44.0 Å². The second-order valence-electron chi connectivity index (χ2n) is 6.45. The van der Waals surface area contributed by atoms with E-state index in [0.717, 1.165) is 42.7 Å². The highest BCUT2D eigenvalue weighted by molar-refractivity contribution is 9.10. The van der Waals surface area contributed by atoms with Crippen LogP contribution in [0.5, 0.6) is 0 Å². The van der Waals surface area contributed by atoms with Gasteiger partial charge in [0, 0.05) is 47.2 Å². The number of amides is 1. The summed E-state index contributed by atoms with van der Waals surface area (Å²) in [5.41, 5.74) is 1.37. The van der Waals surface area contributed by atoms with E-state index in [1.807, 2.05) is 18.2 Å². The van der Waals surface area contributed by atoms with Gasteiger partial charge in [0.1, 0.15) is 0 Å². The molecular formula is C19H27BrN2OS. The van der Waals surface area contributed by atoms with Gasteiger partial charge >= 0.3 is 0 Å². The molecule has 1 fully saturated rings. The first kappa shape index (κ1) is 19.5. The summed E-state index contributed by atoms with van der Waals surface area (Å²) in [7, 11) is 0. The first-order valence-corrected chi connectivity index (χ1v) is 10.3. The van der Waals surface area contributed by atoms with Gasteiger partial charge in [-0.3, -0.25) is 9.69 Å². The van der Waals surface area contributed by atoms with E-state index in [1.165, 1.54) is 10.5 Å². The maximum Gasteiger partial charge on any atom is 0.221 e. The van der Waals surface area contributed by atoms with Crippen molar-refractivity contribution in [3.63, 3.8) is 0 Å². The zero-order valence-corrected chi connectivity index (χ0v) is 17.0. The third kappa shape index (κ3) is 6.99. The smallest absolute Gasteiger partial charge is 0.221 e. The SMILES string of the molecule is CC(C)=CCN1CCC(NC(=O)CCSc2ccccc2Br)CC1. The van der Waals surface area contributed by atoms with Crippen LogP contribution in [0.15, 0.2) is 45.3 Å². The van der Waals surface area contributed by atoms with Crippen LogP contribution in [0.1, 0.15) is 33.1 Å². The second kappa shape index (κ2) is 10.3. The molecule has 1 N–H and O–H groups in total. The molecule has 3 nitrogen and oxygen atoms in total. The number of nitrogens with zero attached hydrogens (tertiary/aromatic N) is 1. The van der Waals surface area contributed by atoms with Crippen LogP contribution < -0.4 is 5.32 Å². The maximum absolute atomic E-state index is 12.1. The minimum Gasteiger partial charge on any atom is -0.353 e. The molecule has 1 heterocycles. The molecule has 1 aliphatic heterocycles. The largest absolute Gasteiger partial charge is 0.353 e. The Bertz CT molecular complexity index is 564. The Morgan fingerprint density at radius 1 is 1.33 bits per heavy atom. The maximum atomic E-state index is 12.1. The van der Waals surface area contributed by atoms with Gasteiger partial charge in [-0.25, -0.2) is 0 Å². The van der Waals surface area contributed by atoms with E-state index in [0.29, 0.717) is 12.5 Å². The van der Waals surface area contributed by atoms with Crippen LogP contribution in [0.25, 0.3) is 0 Å². The number of carbonyl (C=O) groups is 1. The van der Waals surface area contributed by atoms with Crippen molar-refractivity contribution in [1.82, 2.24) is 10.2 Å². The monoisotopic (exact) mass is 410 g/mol. The molecule has 1 aliphatic rings. The predicted octanol–water partition coefficient (Wildman–Crippen LogP) is 4.48. The van der Waals surface area contributed by atoms with Crippen molar-refractivity contribution < 1.29 is 4.79 Å². The molecule has 0 unspecified atom stereocenters. The summed E-state index contributed by atoms with van der Waals surface area (Å²) < 4.78 is 1.10. The molecule has 0 atom stereocenters. The van der Waals surface area contributed by atoms with Crippen molar-refractivity contribution in [3.05, 3.63) is 40.4 Å². The fourth-order valence-electron chi connectivity index (χ4n) is 2.69. The Kier molecular flexibility index (Phi) is 8.36. The normalized spacial score (nSPS) is 16.0. The number of likely N-dealkylation sites (tertiary alicyclic amines) is 1. The number of halogens is 1. The van der Waals surface area contributed by atoms with Crippen LogP contribution in [-0.2, 0) is 4.79 Å². The van der Waals surface area contributed by atoms with E-state index in [2.05, 4.69) is 52.1 Å². The summed E-state index contributed by atoms with van der Waals surface area (Å²) in [6, 6.07) is 8.48. The fourth-order valence-corrected chi connectivity index (χ4v) is 4.20. The predicted molar refractivity (Wildman–Crippen MR) is 107 cm³/mol. The molecule has 1 aromatic carbocycles. The van der Waals surface area contributed by atoms with E-state index < -0.39 is 0 Å². The Labute approximate surface area is 158 Å². The van der Waals surface area contributed by atoms with Gasteiger partial charge in [-0.1, -0.05) is 23.8 Å². The number of allylic oxidation sites excluding steroid dienone is 1. The van der Waals surface area contributed by atoms with Crippen molar-refractivity contribution in [1.29, 1.82) is 0 Å². The number of carbonyl (C=O) groups excluding carboxylic acids is 1. The van der Waals surface area contributed by atoms with Gasteiger partial charge in [-0.05, 0) is 54.8 Å². The van der Waals surface area contributed by atoms with Gasteiger partial charge in [0.15, 0.2) is 0 Å². The highest BCUT2D eigenvalue weighted by atomic mass is 79.9. The lowest BCUT2D eigenvalue weighted by Gasteiger charge is -2.31. The van der Waals surface area contributed by atoms with Crippen LogP contribution in [0, 0.1) is 0 Å². The average molecular weight is 411 g/mol. The molecule has 0 aromatic heterocycles. The standard InChI is InChI=1S/C19H27BrN2OS/c1-15(2)7-11-22-12-8-16(9-13-22)21-19(23)10-14-24-18-6-4-3-5-17(18)20/h3-7,16H,8-14H2,1-2H3,(H,21,23). The number of piperidine rings is 1. The average Bonchev–Trinajstić information content (AvgIpc) is 2.56. The van der Waals surface area contributed by atoms with Crippen LogP contribution in [0.3, 0.4) is 0 Å². The first-order chi connectivity index (χ1) is 11.5. The molecule has 132 valence electrons. The molecular weight excluding hydrogens is 384 g/mol. The summed E-state index contributed by atoms with van der Waals surface area (Å²) in [6.07, 6.45) is 4.96. The van der Waals surface area contributed by atoms with E-state index in [-0.39, 0.29) is 5.91 Å². The molecule has 0 radical (unpaired) electrons. The molecule has 0 saturated carbocycles. The third-order valence-corrected chi connectivity index (χ3v) is 6.16. The molecule has 24 heavy (non-hydrogen) atoms. The highest BCUT2D eigenvalue weighted by Gasteiger charge is 2.19. The fraction of sp³-hybridized carbons (Fsp3) is 0.526. The molecule has 1 saturated heterocycles. The van der Waals surface area contributed by atoms with Crippen LogP contribution >= 0.6 is 27.7 Å². The summed E-state index contributed by atoms with van der Waals surface area (Å²) in [5, 5.41) is 3.20. The Balaban J connectivity index is 1.63. The summed E-state index contributed by atoms with van der Waals surface area (Å²) in [5.74, 6) is 0.991. The van der Waals surface area contributed by atoms with Crippen LogP contribution in [0.4, 0.5) is 0 Å². The number of thioether (sulfide) groups is 1. The third-order valence-electron chi connectivity index (χ3n) is 4.13. The molecule has 0 bridgehead atoms. The molecule has 0 spiro atoms. The van der Waals surface area contributed by atoms with Crippen molar-refractivity contribution in [3.8, 4) is 0 Å². The number of nitrogens with one attached hydrogen (secondary N) is 1. The van der Waals surface area contributed by atoms with E-state index in [1.54, 1.807) is 11.8 Å². The lowest BCUT2D eigenvalue weighted by atomic mass is 10.0. The number of hydrogen-bond acceptors (Lipinski definition) is 3. The van der Waals surface area contributed by atoms with E-state index in [9.17, 15) is 4.79 Å². The number of hydrogen-bond donors (Lipinski definition) is 1.